The summed E-state index contributed by atoms with van der Waals surface area (Å²) in [5.41, 5.74) is 8.33. The molecular weight excluding hydrogens is 262 g/mol. The molecule has 2 aromatic carbocycles. The molecule has 2 rings (SSSR count). The lowest BCUT2D eigenvalue weighted by Crippen LogP contribution is -2.35. The smallest absolute Gasteiger partial charge is 0.119 e. The minimum atomic E-state index is -0.443. The Morgan fingerprint density at radius 1 is 1.05 bits per heavy atom. The molecule has 3 heteroatoms. The highest BCUT2D eigenvalue weighted by atomic mass is 16.5. The van der Waals surface area contributed by atoms with Gasteiger partial charge in [-0.3, -0.25) is 0 Å². The molecule has 112 valence electrons. The van der Waals surface area contributed by atoms with Gasteiger partial charge >= 0.3 is 0 Å². The van der Waals surface area contributed by atoms with Gasteiger partial charge in [0.2, 0.25) is 0 Å². The van der Waals surface area contributed by atoms with E-state index in [1.807, 2.05) is 50.2 Å². The maximum Gasteiger partial charge on any atom is 0.119 e. The molecule has 0 heterocycles. The summed E-state index contributed by atoms with van der Waals surface area (Å²) in [6, 6.07) is 16.0. The average Bonchev–Trinajstić information content (AvgIpc) is 2.48. The first kappa shape index (κ1) is 15.4. The van der Waals surface area contributed by atoms with Crippen LogP contribution in [0.5, 0.6) is 11.5 Å². The molecule has 2 N–H and O–H groups in total. The summed E-state index contributed by atoms with van der Waals surface area (Å²) in [6.07, 6.45) is 0.757. The molecule has 21 heavy (non-hydrogen) atoms. The fraction of sp³-hybridized carbons (Fsp3) is 0.333. The largest absolute Gasteiger partial charge is 0.497 e. The first-order valence-electron chi connectivity index (χ1n) is 7.20. The summed E-state index contributed by atoms with van der Waals surface area (Å²) in [5.74, 6) is 1.72. The second kappa shape index (κ2) is 6.64. The van der Waals surface area contributed by atoms with Gasteiger partial charge in [-0.25, -0.2) is 0 Å². The lowest BCUT2D eigenvalue weighted by molar-refractivity contribution is 0.338. The average molecular weight is 285 g/mol. The van der Waals surface area contributed by atoms with E-state index in [1.165, 1.54) is 5.56 Å². The molecule has 0 fully saturated rings. The lowest BCUT2D eigenvalue weighted by atomic mass is 9.86. The Labute approximate surface area is 126 Å². The Kier molecular flexibility index (Phi) is 4.86. The Morgan fingerprint density at radius 2 is 1.76 bits per heavy atom. The molecule has 0 radical (unpaired) electrons. The predicted molar refractivity (Wildman–Crippen MR) is 85.8 cm³/mol. The maximum absolute atomic E-state index is 6.52. The van der Waals surface area contributed by atoms with Gasteiger partial charge in [-0.15, -0.1) is 0 Å². The molecule has 0 amide bonds. The molecule has 1 unspecified atom stereocenters. The normalized spacial score (nSPS) is 13.5. The van der Waals surface area contributed by atoms with Gasteiger partial charge < -0.3 is 15.2 Å². The summed E-state index contributed by atoms with van der Waals surface area (Å²) >= 11 is 0. The Morgan fingerprint density at radius 3 is 2.38 bits per heavy atom. The molecule has 0 aromatic heterocycles. The zero-order valence-electron chi connectivity index (χ0n) is 12.9. The van der Waals surface area contributed by atoms with E-state index in [4.69, 9.17) is 15.2 Å². The van der Waals surface area contributed by atoms with E-state index in [0.29, 0.717) is 6.61 Å². The monoisotopic (exact) mass is 285 g/mol. The third kappa shape index (κ3) is 3.99. The van der Waals surface area contributed by atoms with Gasteiger partial charge in [-0.05, 0) is 55.7 Å². The fourth-order valence-electron chi connectivity index (χ4n) is 2.38. The molecule has 3 nitrogen and oxygen atoms in total. The third-order valence-corrected chi connectivity index (χ3v) is 3.53. The first-order valence-corrected chi connectivity index (χ1v) is 7.20. The quantitative estimate of drug-likeness (QED) is 0.883. The van der Waals surface area contributed by atoms with Crippen LogP contribution in [0.15, 0.2) is 48.5 Å². The van der Waals surface area contributed by atoms with Crippen LogP contribution in [0.25, 0.3) is 0 Å². The summed E-state index contributed by atoms with van der Waals surface area (Å²) in [4.78, 5) is 0. The van der Waals surface area contributed by atoms with Crippen molar-refractivity contribution in [2.75, 3.05) is 13.7 Å². The van der Waals surface area contributed by atoms with Crippen molar-refractivity contribution in [3.8, 4) is 11.5 Å². The first-order chi connectivity index (χ1) is 10.0. The van der Waals surface area contributed by atoms with Gasteiger partial charge in [0.15, 0.2) is 0 Å². The van der Waals surface area contributed by atoms with Crippen molar-refractivity contribution in [2.45, 2.75) is 25.8 Å². The standard InChI is InChI=1S/C18H23NO2/c1-4-21-17-7-5-6-15(12-17)18(2,19)13-14-8-10-16(20-3)11-9-14/h5-12H,4,13,19H2,1-3H3. The van der Waals surface area contributed by atoms with Crippen molar-refractivity contribution >= 4 is 0 Å². The fourth-order valence-corrected chi connectivity index (χ4v) is 2.38. The Bertz CT molecular complexity index is 576. The third-order valence-electron chi connectivity index (χ3n) is 3.53. The van der Waals surface area contributed by atoms with Gasteiger partial charge in [-0.1, -0.05) is 24.3 Å². The minimum Gasteiger partial charge on any atom is -0.497 e. The van der Waals surface area contributed by atoms with E-state index in [1.54, 1.807) is 7.11 Å². The highest BCUT2D eigenvalue weighted by Gasteiger charge is 2.22. The second-order valence-corrected chi connectivity index (χ2v) is 5.40. The topological polar surface area (TPSA) is 44.5 Å². The van der Waals surface area contributed by atoms with Gasteiger partial charge in [-0.2, -0.15) is 0 Å². The molecule has 0 saturated carbocycles. The number of ether oxygens (including phenoxy) is 2. The van der Waals surface area contributed by atoms with Crippen LogP contribution in [-0.2, 0) is 12.0 Å². The molecule has 0 aliphatic carbocycles. The number of nitrogens with two attached hydrogens (primary N) is 1. The van der Waals surface area contributed by atoms with Crippen molar-refractivity contribution in [3.05, 3.63) is 59.7 Å². The molecule has 0 bridgehead atoms. The molecule has 2 aromatic rings. The maximum atomic E-state index is 6.52. The molecule has 0 saturated heterocycles. The van der Waals surface area contributed by atoms with Crippen molar-refractivity contribution in [3.63, 3.8) is 0 Å². The predicted octanol–water partition coefficient (Wildman–Crippen LogP) is 3.51. The number of rotatable bonds is 6. The Balaban J connectivity index is 2.18. The van der Waals surface area contributed by atoms with Crippen molar-refractivity contribution in [1.82, 2.24) is 0 Å². The van der Waals surface area contributed by atoms with Crippen LogP contribution in [0.2, 0.25) is 0 Å². The van der Waals surface area contributed by atoms with Crippen LogP contribution in [-0.4, -0.2) is 13.7 Å². The van der Waals surface area contributed by atoms with Crippen LogP contribution in [0.4, 0.5) is 0 Å². The van der Waals surface area contributed by atoms with E-state index in [0.717, 1.165) is 23.5 Å². The second-order valence-electron chi connectivity index (χ2n) is 5.40. The number of hydrogen-bond donors (Lipinski definition) is 1. The summed E-state index contributed by atoms with van der Waals surface area (Å²) in [7, 11) is 1.67. The van der Waals surface area contributed by atoms with Crippen molar-refractivity contribution in [1.29, 1.82) is 0 Å². The molecular formula is C18H23NO2. The van der Waals surface area contributed by atoms with E-state index in [9.17, 15) is 0 Å². The van der Waals surface area contributed by atoms with Crippen LogP contribution < -0.4 is 15.2 Å². The minimum absolute atomic E-state index is 0.443. The van der Waals surface area contributed by atoms with E-state index >= 15 is 0 Å². The SMILES string of the molecule is CCOc1cccc(C(C)(N)Cc2ccc(OC)cc2)c1. The van der Waals surface area contributed by atoms with E-state index in [2.05, 4.69) is 12.1 Å². The van der Waals surface area contributed by atoms with E-state index in [-0.39, 0.29) is 0 Å². The Hall–Kier alpha value is -2.00. The van der Waals surface area contributed by atoms with Crippen LogP contribution in [0.3, 0.4) is 0 Å². The summed E-state index contributed by atoms with van der Waals surface area (Å²) < 4.78 is 10.7. The van der Waals surface area contributed by atoms with Crippen LogP contribution in [0.1, 0.15) is 25.0 Å². The highest BCUT2D eigenvalue weighted by Crippen LogP contribution is 2.26. The number of methoxy groups -OCH3 is 1. The summed E-state index contributed by atoms with van der Waals surface area (Å²) in [5, 5.41) is 0. The number of benzene rings is 2. The molecule has 0 aliphatic heterocycles. The summed E-state index contributed by atoms with van der Waals surface area (Å²) in [6.45, 7) is 4.68. The van der Waals surface area contributed by atoms with Gasteiger partial charge in [0.05, 0.1) is 13.7 Å². The molecule has 0 aliphatic rings. The van der Waals surface area contributed by atoms with Crippen LogP contribution >= 0.6 is 0 Å². The lowest BCUT2D eigenvalue weighted by Gasteiger charge is -2.26. The van der Waals surface area contributed by atoms with Crippen molar-refractivity contribution < 1.29 is 9.47 Å². The zero-order valence-corrected chi connectivity index (χ0v) is 12.9. The zero-order chi connectivity index (χ0) is 15.3. The molecule has 1 atom stereocenters. The van der Waals surface area contributed by atoms with E-state index < -0.39 is 5.54 Å². The van der Waals surface area contributed by atoms with Gasteiger partial charge in [0.1, 0.15) is 11.5 Å². The molecule has 0 spiro atoms. The van der Waals surface area contributed by atoms with Crippen LogP contribution in [0, 0.1) is 0 Å². The van der Waals surface area contributed by atoms with Crippen molar-refractivity contribution in [2.24, 2.45) is 5.73 Å². The highest BCUT2D eigenvalue weighted by molar-refractivity contribution is 5.35. The van der Waals surface area contributed by atoms with Gasteiger partial charge in [0, 0.05) is 5.54 Å². The number of hydrogen-bond acceptors (Lipinski definition) is 3. The van der Waals surface area contributed by atoms with Gasteiger partial charge in [0.25, 0.3) is 0 Å².